The Balaban J connectivity index is 2.37. The van der Waals surface area contributed by atoms with Crippen LogP contribution >= 0.6 is 23.2 Å². The van der Waals surface area contributed by atoms with Crippen molar-refractivity contribution in [1.29, 1.82) is 0 Å². The van der Waals surface area contributed by atoms with Crippen molar-refractivity contribution >= 4 is 35.1 Å². The maximum atomic E-state index is 11.6. The van der Waals surface area contributed by atoms with Crippen LogP contribution in [0.15, 0.2) is 18.2 Å². The lowest BCUT2D eigenvalue weighted by molar-refractivity contribution is -0.147. The highest BCUT2D eigenvalue weighted by atomic mass is 35.5. The summed E-state index contributed by atoms with van der Waals surface area (Å²) in [5.74, 6) is -0.911. The molecule has 0 aliphatic carbocycles. The van der Waals surface area contributed by atoms with Crippen LogP contribution < -0.4 is 4.74 Å². The molecule has 1 aromatic rings. The van der Waals surface area contributed by atoms with E-state index in [4.69, 9.17) is 37.4 Å². The highest BCUT2D eigenvalue weighted by molar-refractivity contribution is 6.43. The van der Waals surface area contributed by atoms with Gasteiger partial charge in [-0.05, 0) is 12.1 Å². The van der Waals surface area contributed by atoms with Crippen LogP contribution in [0.3, 0.4) is 0 Å². The molecule has 0 saturated carbocycles. The minimum atomic E-state index is -0.585. The third kappa shape index (κ3) is 5.77. The first-order valence-corrected chi connectivity index (χ1v) is 6.59. The number of halogens is 2. The molecule has 5 nitrogen and oxygen atoms in total. The molecule has 0 heterocycles. The molecule has 0 aliphatic rings. The van der Waals surface area contributed by atoms with Gasteiger partial charge >= 0.3 is 11.9 Å². The van der Waals surface area contributed by atoms with Crippen LogP contribution in [0.4, 0.5) is 0 Å². The zero-order valence-electron chi connectivity index (χ0n) is 10.9. The van der Waals surface area contributed by atoms with E-state index in [1.165, 1.54) is 13.2 Å². The highest BCUT2D eigenvalue weighted by Gasteiger charge is 2.13. The van der Waals surface area contributed by atoms with Crippen LogP contribution in [0.5, 0.6) is 5.75 Å². The molecule has 0 saturated heterocycles. The number of ether oxygens (including phenoxy) is 3. The monoisotopic (exact) mass is 320 g/mol. The molecule has 0 amide bonds. The zero-order valence-corrected chi connectivity index (χ0v) is 12.4. The fraction of sp³-hybridized carbons (Fsp3) is 0.385. The number of rotatable bonds is 7. The fourth-order valence-corrected chi connectivity index (χ4v) is 1.58. The smallest absolute Gasteiger partial charge is 0.311 e. The van der Waals surface area contributed by atoms with Crippen molar-refractivity contribution < 1.29 is 23.8 Å². The van der Waals surface area contributed by atoms with Crippen molar-refractivity contribution in [3.05, 3.63) is 28.2 Å². The Bertz CT molecular complexity index is 476. The van der Waals surface area contributed by atoms with E-state index < -0.39 is 11.9 Å². The van der Waals surface area contributed by atoms with Gasteiger partial charge in [-0.1, -0.05) is 29.3 Å². The second kappa shape index (κ2) is 8.79. The third-order valence-electron chi connectivity index (χ3n) is 2.22. The number of hydrogen-bond donors (Lipinski definition) is 0. The van der Waals surface area contributed by atoms with Gasteiger partial charge in [-0.2, -0.15) is 0 Å². The van der Waals surface area contributed by atoms with Gasteiger partial charge in [0.15, 0.2) is 5.75 Å². The van der Waals surface area contributed by atoms with Crippen LogP contribution in [0, 0.1) is 0 Å². The number of esters is 2. The summed E-state index contributed by atoms with van der Waals surface area (Å²) in [7, 11) is 1.50. The van der Waals surface area contributed by atoms with Crippen molar-refractivity contribution in [2.45, 2.75) is 12.8 Å². The van der Waals surface area contributed by atoms with Gasteiger partial charge < -0.3 is 14.2 Å². The molecule has 0 radical (unpaired) electrons. The second-order valence-electron chi connectivity index (χ2n) is 3.74. The molecular formula is C13H14Cl2O5. The van der Waals surface area contributed by atoms with Crippen LogP contribution in [0.25, 0.3) is 0 Å². The lowest BCUT2D eigenvalue weighted by atomic mass is 10.3. The molecule has 0 N–H and O–H groups in total. The van der Waals surface area contributed by atoms with Crippen molar-refractivity contribution in [2.24, 2.45) is 0 Å². The molecule has 110 valence electrons. The van der Waals surface area contributed by atoms with Gasteiger partial charge in [-0.3, -0.25) is 9.59 Å². The summed E-state index contributed by atoms with van der Waals surface area (Å²) < 4.78 is 14.5. The summed E-state index contributed by atoms with van der Waals surface area (Å²) in [5, 5.41) is 0.445. The van der Waals surface area contributed by atoms with Gasteiger partial charge in [-0.15, -0.1) is 0 Å². The van der Waals surface area contributed by atoms with Crippen molar-refractivity contribution in [2.75, 3.05) is 20.3 Å². The molecule has 0 aliphatic heterocycles. The Morgan fingerprint density at radius 2 is 1.80 bits per heavy atom. The van der Waals surface area contributed by atoms with Gasteiger partial charge in [0.05, 0.1) is 24.5 Å². The van der Waals surface area contributed by atoms with Crippen LogP contribution in [0.1, 0.15) is 12.8 Å². The van der Waals surface area contributed by atoms with Gasteiger partial charge in [0.25, 0.3) is 0 Å². The molecule has 0 spiro atoms. The molecule has 0 aromatic heterocycles. The van der Waals surface area contributed by atoms with Gasteiger partial charge in [0.2, 0.25) is 0 Å². The molecule has 0 unspecified atom stereocenters. The minimum Gasteiger partial charge on any atom is -0.463 e. The second-order valence-corrected chi connectivity index (χ2v) is 4.52. The predicted octanol–water partition coefficient (Wildman–Crippen LogP) is 2.87. The predicted molar refractivity (Wildman–Crippen MR) is 74.2 cm³/mol. The first-order valence-electron chi connectivity index (χ1n) is 5.84. The maximum Gasteiger partial charge on any atom is 0.311 e. The fourth-order valence-electron chi connectivity index (χ4n) is 1.25. The standard InChI is InChI=1S/C13H14Cl2O5/c1-18-7-8-19-11(16)5-6-12(17)20-10-4-2-3-9(14)13(10)15/h2-4H,5-8H2,1H3. The van der Waals surface area contributed by atoms with Gasteiger partial charge in [-0.25, -0.2) is 0 Å². The molecule has 7 heteroatoms. The van der Waals surface area contributed by atoms with E-state index in [2.05, 4.69) is 0 Å². The van der Waals surface area contributed by atoms with E-state index >= 15 is 0 Å². The first kappa shape index (κ1) is 16.8. The van der Waals surface area contributed by atoms with Gasteiger partial charge in [0, 0.05) is 7.11 Å². The Hall–Kier alpha value is -1.30. The van der Waals surface area contributed by atoms with Gasteiger partial charge in [0.1, 0.15) is 11.6 Å². The topological polar surface area (TPSA) is 61.8 Å². The van der Waals surface area contributed by atoms with Crippen LogP contribution in [-0.4, -0.2) is 32.3 Å². The maximum absolute atomic E-state index is 11.6. The van der Waals surface area contributed by atoms with Crippen LogP contribution in [0.2, 0.25) is 10.0 Å². The Morgan fingerprint density at radius 1 is 1.10 bits per heavy atom. The minimum absolute atomic E-state index is 0.0687. The summed E-state index contributed by atoms with van der Waals surface area (Å²) in [5.41, 5.74) is 0. The third-order valence-corrected chi connectivity index (χ3v) is 3.03. The molecule has 1 aromatic carbocycles. The normalized spacial score (nSPS) is 10.2. The molecule has 0 atom stereocenters. The number of methoxy groups -OCH3 is 1. The number of carbonyl (C=O) groups is 2. The summed E-state index contributed by atoms with van der Waals surface area (Å²) in [6.45, 7) is 0.471. The van der Waals surface area contributed by atoms with Crippen molar-refractivity contribution in [3.8, 4) is 5.75 Å². The largest absolute Gasteiger partial charge is 0.463 e. The van der Waals surface area contributed by atoms with E-state index in [-0.39, 0.29) is 35.2 Å². The van der Waals surface area contributed by atoms with E-state index in [1.807, 2.05) is 0 Å². The first-order chi connectivity index (χ1) is 9.54. The summed E-state index contributed by atoms with van der Waals surface area (Å²) >= 11 is 11.7. The Morgan fingerprint density at radius 3 is 2.50 bits per heavy atom. The average Bonchev–Trinajstić information content (AvgIpc) is 2.42. The Kier molecular flexibility index (Phi) is 7.36. The van der Waals surface area contributed by atoms with E-state index in [9.17, 15) is 9.59 Å². The van der Waals surface area contributed by atoms with Crippen molar-refractivity contribution in [1.82, 2.24) is 0 Å². The van der Waals surface area contributed by atoms with E-state index in [0.717, 1.165) is 0 Å². The number of hydrogen-bond acceptors (Lipinski definition) is 5. The zero-order chi connectivity index (χ0) is 15.0. The number of benzene rings is 1. The van der Waals surface area contributed by atoms with Crippen molar-refractivity contribution in [3.63, 3.8) is 0 Å². The molecular weight excluding hydrogens is 307 g/mol. The highest BCUT2D eigenvalue weighted by Crippen LogP contribution is 2.31. The molecule has 1 rings (SSSR count). The quantitative estimate of drug-likeness (QED) is 0.439. The SMILES string of the molecule is COCCOC(=O)CCC(=O)Oc1cccc(Cl)c1Cl. The molecule has 0 bridgehead atoms. The lowest BCUT2D eigenvalue weighted by Crippen LogP contribution is -2.14. The van der Waals surface area contributed by atoms with E-state index in [0.29, 0.717) is 6.61 Å². The summed E-state index contributed by atoms with van der Waals surface area (Å²) in [6, 6.07) is 4.70. The molecule has 0 fully saturated rings. The van der Waals surface area contributed by atoms with Crippen LogP contribution in [-0.2, 0) is 19.1 Å². The lowest BCUT2D eigenvalue weighted by Gasteiger charge is -2.07. The summed E-state index contributed by atoms with van der Waals surface area (Å²) in [6.07, 6.45) is -0.171. The van der Waals surface area contributed by atoms with E-state index in [1.54, 1.807) is 12.1 Å². The molecule has 20 heavy (non-hydrogen) atoms. The number of carbonyl (C=O) groups excluding carboxylic acids is 2. The Labute approximate surface area is 126 Å². The summed E-state index contributed by atoms with van der Waals surface area (Å²) in [4.78, 5) is 22.8. The average molecular weight is 321 g/mol.